The Morgan fingerprint density at radius 1 is 1.14 bits per heavy atom. The van der Waals surface area contributed by atoms with Gasteiger partial charge < -0.3 is 15.3 Å². The highest BCUT2D eigenvalue weighted by molar-refractivity contribution is 6.00. The second kappa shape index (κ2) is 9.44. The van der Waals surface area contributed by atoms with Crippen molar-refractivity contribution in [1.82, 2.24) is 15.1 Å². The minimum atomic E-state index is -4.43. The average molecular weight is 486 g/mol. The topological polar surface area (TPSA) is 87.5 Å². The van der Waals surface area contributed by atoms with E-state index in [2.05, 4.69) is 10.4 Å². The maximum Gasteiger partial charge on any atom is 0.416 e. The van der Waals surface area contributed by atoms with E-state index >= 15 is 0 Å². The van der Waals surface area contributed by atoms with Gasteiger partial charge in [0.25, 0.3) is 5.91 Å². The SMILES string of the molecule is CCc1nn2c(c1C(=O)N[C@@H](C)c1ccc(C(=O)O)cc1)N(Cc1cccc(C(F)(F)F)c1)CC2. The lowest BCUT2D eigenvalue weighted by Gasteiger charge is -2.21. The third kappa shape index (κ3) is 5.01. The van der Waals surface area contributed by atoms with Crippen LogP contribution < -0.4 is 10.2 Å². The average Bonchev–Trinajstić information content (AvgIpc) is 3.38. The Balaban J connectivity index is 1.58. The summed E-state index contributed by atoms with van der Waals surface area (Å²) in [4.78, 5) is 26.3. The van der Waals surface area contributed by atoms with Crippen LogP contribution in [0.1, 0.15) is 63.0 Å². The number of benzene rings is 2. The Bertz CT molecular complexity index is 1250. The molecular weight excluding hydrogens is 461 g/mol. The number of aromatic carboxylic acids is 1. The largest absolute Gasteiger partial charge is 0.478 e. The van der Waals surface area contributed by atoms with Crippen LogP contribution >= 0.6 is 0 Å². The number of amides is 1. The molecule has 35 heavy (non-hydrogen) atoms. The molecule has 2 heterocycles. The van der Waals surface area contributed by atoms with Gasteiger partial charge in [0.05, 0.1) is 29.4 Å². The molecule has 10 heteroatoms. The number of nitrogens with one attached hydrogen (secondary N) is 1. The Morgan fingerprint density at radius 3 is 2.49 bits per heavy atom. The summed E-state index contributed by atoms with van der Waals surface area (Å²) < 4.78 is 41.2. The Morgan fingerprint density at radius 2 is 1.86 bits per heavy atom. The van der Waals surface area contributed by atoms with Crippen LogP contribution in [0.15, 0.2) is 48.5 Å². The number of carboxylic acid groups (broad SMARTS) is 1. The van der Waals surface area contributed by atoms with E-state index in [0.29, 0.717) is 42.1 Å². The van der Waals surface area contributed by atoms with Crippen molar-refractivity contribution >= 4 is 17.7 Å². The highest BCUT2D eigenvalue weighted by atomic mass is 19.4. The van der Waals surface area contributed by atoms with Crippen LogP contribution in [0.25, 0.3) is 0 Å². The number of carbonyl (C=O) groups is 2. The molecule has 0 unspecified atom stereocenters. The highest BCUT2D eigenvalue weighted by Crippen LogP contribution is 2.33. The summed E-state index contributed by atoms with van der Waals surface area (Å²) in [6, 6.07) is 11.0. The van der Waals surface area contributed by atoms with Gasteiger partial charge in [-0.05, 0) is 48.7 Å². The zero-order valence-electron chi connectivity index (χ0n) is 19.3. The van der Waals surface area contributed by atoms with E-state index in [-0.39, 0.29) is 18.0 Å². The number of rotatable bonds is 7. The molecule has 0 fully saturated rings. The van der Waals surface area contributed by atoms with Crippen LogP contribution in [0.4, 0.5) is 19.0 Å². The van der Waals surface area contributed by atoms with Gasteiger partial charge in [-0.2, -0.15) is 18.3 Å². The van der Waals surface area contributed by atoms with Crippen LogP contribution in [0.5, 0.6) is 0 Å². The Hall–Kier alpha value is -3.82. The van der Waals surface area contributed by atoms with Crippen molar-refractivity contribution in [3.05, 3.63) is 82.0 Å². The van der Waals surface area contributed by atoms with Gasteiger partial charge in [0.1, 0.15) is 11.4 Å². The second-order valence-corrected chi connectivity index (χ2v) is 8.46. The van der Waals surface area contributed by atoms with Gasteiger partial charge in [0, 0.05) is 13.1 Å². The van der Waals surface area contributed by atoms with Crippen molar-refractivity contribution in [2.45, 2.75) is 45.6 Å². The van der Waals surface area contributed by atoms with Crippen molar-refractivity contribution in [2.75, 3.05) is 11.4 Å². The zero-order chi connectivity index (χ0) is 25.3. The number of carboxylic acids is 1. The lowest BCUT2D eigenvalue weighted by molar-refractivity contribution is -0.137. The number of fused-ring (bicyclic) bond motifs is 1. The molecule has 1 amide bonds. The van der Waals surface area contributed by atoms with Crippen molar-refractivity contribution < 1.29 is 27.9 Å². The lowest BCUT2D eigenvalue weighted by Crippen LogP contribution is -2.30. The van der Waals surface area contributed by atoms with Crippen LogP contribution in [0.3, 0.4) is 0 Å². The predicted molar refractivity (Wildman–Crippen MR) is 123 cm³/mol. The molecule has 1 aliphatic heterocycles. The number of hydrogen-bond donors (Lipinski definition) is 2. The molecule has 1 atom stereocenters. The number of aryl methyl sites for hydroxylation is 1. The molecule has 3 aromatic rings. The van der Waals surface area contributed by atoms with E-state index < -0.39 is 23.8 Å². The Labute approximate surface area is 200 Å². The summed E-state index contributed by atoms with van der Waals surface area (Å²) >= 11 is 0. The number of hydrogen-bond acceptors (Lipinski definition) is 4. The number of carbonyl (C=O) groups excluding carboxylic acids is 1. The van der Waals surface area contributed by atoms with Gasteiger partial charge in [-0.3, -0.25) is 4.79 Å². The molecule has 1 aliphatic rings. The molecule has 0 aliphatic carbocycles. The molecule has 2 N–H and O–H groups in total. The molecule has 0 saturated heterocycles. The van der Waals surface area contributed by atoms with Gasteiger partial charge in [-0.25, -0.2) is 9.48 Å². The third-order valence-corrected chi connectivity index (χ3v) is 6.07. The monoisotopic (exact) mass is 486 g/mol. The van der Waals surface area contributed by atoms with Crippen molar-refractivity contribution in [3.63, 3.8) is 0 Å². The first-order valence-corrected chi connectivity index (χ1v) is 11.2. The lowest BCUT2D eigenvalue weighted by atomic mass is 10.0. The molecule has 0 saturated carbocycles. The maximum absolute atomic E-state index is 13.4. The molecule has 0 bridgehead atoms. The summed E-state index contributed by atoms with van der Waals surface area (Å²) in [5, 5.41) is 16.6. The smallest absolute Gasteiger partial charge is 0.416 e. The molecule has 7 nitrogen and oxygen atoms in total. The van der Waals surface area contributed by atoms with Crippen LogP contribution in [0.2, 0.25) is 0 Å². The van der Waals surface area contributed by atoms with Crippen molar-refractivity contribution in [1.29, 1.82) is 0 Å². The van der Waals surface area contributed by atoms with E-state index in [4.69, 9.17) is 5.11 Å². The normalized spacial score (nSPS) is 14.0. The quantitative estimate of drug-likeness (QED) is 0.507. The molecule has 4 rings (SSSR count). The summed E-state index contributed by atoms with van der Waals surface area (Å²) in [7, 11) is 0. The zero-order valence-corrected chi connectivity index (χ0v) is 19.3. The molecule has 0 spiro atoms. The standard InChI is InChI=1S/C25H25F3N4O3/c1-3-20-21(22(33)29-15(2)17-7-9-18(10-8-17)24(34)35)23-31(11-12-32(23)30-20)14-16-5-4-6-19(13-16)25(26,27)28/h4-10,13,15H,3,11-12,14H2,1-2H3,(H,29,33)(H,34,35)/t15-/m0/s1. The van der Waals surface area contributed by atoms with E-state index in [1.165, 1.54) is 18.2 Å². The van der Waals surface area contributed by atoms with Crippen molar-refractivity contribution in [2.24, 2.45) is 0 Å². The van der Waals surface area contributed by atoms with Gasteiger partial charge >= 0.3 is 12.1 Å². The van der Waals surface area contributed by atoms with Gasteiger partial charge in [-0.15, -0.1) is 0 Å². The van der Waals surface area contributed by atoms with E-state index in [1.54, 1.807) is 29.8 Å². The highest BCUT2D eigenvalue weighted by Gasteiger charge is 2.33. The number of halogens is 3. The minimum absolute atomic E-state index is 0.153. The summed E-state index contributed by atoms with van der Waals surface area (Å²) in [5.74, 6) is -0.781. The van der Waals surface area contributed by atoms with E-state index in [9.17, 15) is 22.8 Å². The fourth-order valence-electron chi connectivity index (χ4n) is 4.27. The third-order valence-electron chi connectivity index (χ3n) is 6.07. The molecule has 0 radical (unpaired) electrons. The van der Waals surface area contributed by atoms with Gasteiger partial charge in [0.2, 0.25) is 0 Å². The molecule has 2 aromatic carbocycles. The fraction of sp³-hybridized carbons (Fsp3) is 0.320. The number of anilines is 1. The minimum Gasteiger partial charge on any atom is -0.478 e. The fourth-order valence-corrected chi connectivity index (χ4v) is 4.27. The number of nitrogens with zero attached hydrogens (tertiary/aromatic N) is 3. The Kier molecular flexibility index (Phi) is 6.56. The predicted octanol–water partition coefficient (Wildman–Crippen LogP) is 4.67. The van der Waals surface area contributed by atoms with E-state index in [0.717, 1.165) is 17.7 Å². The summed E-state index contributed by atoms with van der Waals surface area (Å²) in [6.45, 7) is 4.95. The van der Waals surface area contributed by atoms with Gasteiger partial charge in [0.15, 0.2) is 0 Å². The first-order valence-electron chi connectivity index (χ1n) is 11.2. The number of alkyl halides is 3. The first kappa shape index (κ1) is 24.3. The summed E-state index contributed by atoms with van der Waals surface area (Å²) in [5.41, 5.74) is 1.69. The van der Waals surface area contributed by atoms with Crippen LogP contribution in [0, 0.1) is 0 Å². The van der Waals surface area contributed by atoms with Crippen LogP contribution in [-0.4, -0.2) is 33.3 Å². The maximum atomic E-state index is 13.4. The first-order chi connectivity index (χ1) is 16.6. The number of aromatic nitrogens is 2. The second-order valence-electron chi connectivity index (χ2n) is 8.46. The molecule has 184 valence electrons. The molecular formula is C25H25F3N4O3. The summed E-state index contributed by atoms with van der Waals surface area (Å²) in [6.07, 6.45) is -3.91. The van der Waals surface area contributed by atoms with Gasteiger partial charge in [-0.1, -0.05) is 31.2 Å². The van der Waals surface area contributed by atoms with Crippen LogP contribution in [-0.2, 0) is 25.7 Å². The van der Waals surface area contributed by atoms with E-state index in [1.807, 2.05) is 11.8 Å². The molecule has 1 aromatic heterocycles. The van der Waals surface area contributed by atoms with Crippen molar-refractivity contribution in [3.8, 4) is 0 Å².